The molecule has 0 unspecified atom stereocenters. The van der Waals surface area contributed by atoms with Crippen LogP contribution in [0.5, 0.6) is 5.75 Å². The molecule has 6 heteroatoms. The number of ketones is 1. The van der Waals surface area contributed by atoms with Crippen LogP contribution in [0.2, 0.25) is 0 Å². The fourth-order valence-electron chi connectivity index (χ4n) is 2.32. The van der Waals surface area contributed by atoms with Crippen LogP contribution in [-0.4, -0.2) is 38.2 Å². The molecule has 0 saturated carbocycles. The number of sulfonamides is 1. The highest BCUT2D eigenvalue weighted by Crippen LogP contribution is 2.27. The molecular formula is C13H17NO4S. The van der Waals surface area contributed by atoms with Crippen molar-refractivity contribution in [1.82, 2.24) is 4.31 Å². The van der Waals surface area contributed by atoms with Crippen LogP contribution in [0.1, 0.15) is 19.8 Å². The molecule has 19 heavy (non-hydrogen) atoms. The number of benzene rings is 1. The normalized spacial score (nSPS) is 20.4. The molecule has 0 radical (unpaired) electrons. The molecule has 104 valence electrons. The van der Waals surface area contributed by atoms with Crippen LogP contribution in [0.25, 0.3) is 0 Å². The summed E-state index contributed by atoms with van der Waals surface area (Å²) >= 11 is 0. The third kappa shape index (κ3) is 2.64. The Bertz CT molecular complexity index is 565. The SMILES string of the molecule is COc1ccc(S(=O)(=O)N2CCC[C@H]2C(C)=O)cc1. The standard InChI is InChI=1S/C13H17NO4S/c1-10(15)13-4-3-9-14(13)19(16,17)12-7-5-11(18-2)6-8-12/h5-8,13H,3-4,9H2,1-2H3/t13-/m0/s1. The Morgan fingerprint density at radius 2 is 1.95 bits per heavy atom. The summed E-state index contributed by atoms with van der Waals surface area (Å²) in [5.41, 5.74) is 0. The Morgan fingerprint density at radius 1 is 1.32 bits per heavy atom. The second kappa shape index (κ2) is 5.30. The summed E-state index contributed by atoms with van der Waals surface area (Å²) in [7, 11) is -2.08. The van der Waals surface area contributed by atoms with E-state index in [9.17, 15) is 13.2 Å². The van der Waals surface area contributed by atoms with Crippen LogP contribution in [0.4, 0.5) is 0 Å². The number of Topliss-reactive ketones (excluding diaryl/α,β-unsaturated/α-hetero) is 1. The van der Waals surface area contributed by atoms with E-state index in [-0.39, 0.29) is 10.7 Å². The van der Waals surface area contributed by atoms with Crippen molar-refractivity contribution in [2.75, 3.05) is 13.7 Å². The molecule has 1 aromatic rings. The average Bonchev–Trinajstić information content (AvgIpc) is 2.89. The van der Waals surface area contributed by atoms with E-state index in [4.69, 9.17) is 4.74 Å². The van der Waals surface area contributed by atoms with Gasteiger partial charge in [0.2, 0.25) is 10.0 Å². The predicted octanol–water partition coefficient (Wildman–Crippen LogP) is 1.44. The number of nitrogens with zero attached hydrogens (tertiary/aromatic N) is 1. The van der Waals surface area contributed by atoms with Gasteiger partial charge in [0.05, 0.1) is 18.0 Å². The molecule has 1 aliphatic heterocycles. The highest BCUT2D eigenvalue weighted by Gasteiger charge is 2.37. The molecule has 0 aliphatic carbocycles. The first-order valence-corrected chi connectivity index (χ1v) is 7.57. The lowest BCUT2D eigenvalue weighted by atomic mass is 10.2. The van der Waals surface area contributed by atoms with Gasteiger partial charge in [-0.3, -0.25) is 4.79 Å². The molecule has 2 rings (SSSR count). The summed E-state index contributed by atoms with van der Waals surface area (Å²) in [6.45, 7) is 1.84. The maximum atomic E-state index is 12.5. The summed E-state index contributed by atoms with van der Waals surface area (Å²) < 4.78 is 31.3. The summed E-state index contributed by atoms with van der Waals surface area (Å²) in [5.74, 6) is 0.498. The average molecular weight is 283 g/mol. The van der Waals surface area contributed by atoms with Gasteiger partial charge < -0.3 is 4.74 Å². The van der Waals surface area contributed by atoms with E-state index < -0.39 is 16.1 Å². The van der Waals surface area contributed by atoms with Crippen LogP contribution < -0.4 is 4.74 Å². The first-order chi connectivity index (χ1) is 8.96. The number of hydrogen-bond donors (Lipinski definition) is 0. The zero-order valence-corrected chi connectivity index (χ0v) is 11.8. The molecule has 5 nitrogen and oxygen atoms in total. The van der Waals surface area contributed by atoms with Crippen molar-refractivity contribution in [3.8, 4) is 5.75 Å². The number of hydrogen-bond acceptors (Lipinski definition) is 4. The summed E-state index contributed by atoms with van der Waals surface area (Å²) in [6.07, 6.45) is 1.32. The molecule has 1 heterocycles. The van der Waals surface area contributed by atoms with Gasteiger partial charge in [0.15, 0.2) is 0 Å². The van der Waals surface area contributed by atoms with Crippen molar-refractivity contribution >= 4 is 15.8 Å². The highest BCUT2D eigenvalue weighted by atomic mass is 32.2. The molecule has 0 amide bonds. The van der Waals surface area contributed by atoms with Crippen LogP contribution in [0.3, 0.4) is 0 Å². The van der Waals surface area contributed by atoms with E-state index in [0.717, 1.165) is 6.42 Å². The zero-order valence-electron chi connectivity index (χ0n) is 11.0. The smallest absolute Gasteiger partial charge is 0.243 e. The van der Waals surface area contributed by atoms with Gasteiger partial charge in [-0.25, -0.2) is 8.42 Å². The summed E-state index contributed by atoms with van der Waals surface area (Å²) in [5, 5.41) is 0. The first-order valence-electron chi connectivity index (χ1n) is 6.13. The lowest BCUT2D eigenvalue weighted by Crippen LogP contribution is -2.39. The quantitative estimate of drug-likeness (QED) is 0.838. The van der Waals surface area contributed by atoms with E-state index >= 15 is 0 Å². The Labute approximate surface area is 113 Å². The Balaban J connectivity index is 2.33. The van der Waals surface area contributed by atoms with Crippen LogP contribution in [0.15, 0.2) is 29.2 Å². The highest BCUT2D eigenvalue weighted by molar-refractivity contribution is 7.89. The monoisotopic (exact) mass is 283 g/mol. The third-order valence-electron chi connectivity index (χ3n) is 3.34. The van der Waals surface area contributed by atoms with Crippen LogP contribution in [0, 0.1) is 0 Å². The third-order valence-corrected chi connectivity index (χ3v) is 5.26. The topological polar surface area (TPSA) is 63.7 Å². The van der Waals surface area contributed by atoms with E-state index in [1.54, 1.807) is 12.1 Å². The number of ether oxygens (including phenoxy) is 1. The molecule has 0 N–H and O–H groups in total. The lowest BCUT2D eigenvalue weighted by molar-refractivity contribution is -0.119. The number of methoxy groups -OCH3 is 1. The fourth-order valence-corrected chi connectivity index (χ4v) is 4.03. The molecule has 1 aliphatic rings. The van der Waals surface area contributed by atoms with Gasteiger partial charge in [-0.05, 0) is 44.0 Å². The van der Waals surface area contributed by atoms with Gasteiger partial charge in [0.25, 0.3) is 0 Å². The van der Waals surface area contributed by atoms with E-state index in [1.807, 2.05) is 0 Å². The zero-order chi connectivity index (χ0) is 14.0. The molecule has 1 fully saturated rings. The molecule has 1 atom stereocenters. The van der Waals surface area contributed by atoms with Crippen molar-refractivity contribution in [3.63, 3.8) is 0 Å². The number of carbonyl (C=O) groups is 1. The first kappa shape index (κ1) is 14.0. The molecule has 0 bridgehead atoms. The van der Waals surface area contributed by atoms with Gasteiger partial charge >= 0.3 is 0 Å². The number of carbonyl (C=O) groups excluding carboxylic acids is 1. The van der Waals surface area contributed by atoms with Gasteiger partial charge in [-0.1, -0.05) is 0 Å². The van der Waals surface area contributed by atoms with Gasteiger partial charge in [0.1, 0.15) is 11.5 Å². The van der Waals surface area contributed by atoms with Crippen LogP contribution in [-0.2, 0) is 14.8 Å². The van der Waals surface area contributed by atoms with E-state index in [1.165, 1.54) is 30.5 Å². The summed E-state index contributed by atoms with van der Waals surface area (Å²) in [6, 6.07) is 5.69. The maximum Gasteiger partial charge on any atom is 0.243 e. The minimum Gasteiger partial charge on any atom is -0.497 e. The van der Waals surface area contributed by atoms with Gasteiger partial charge in [0, 0.05) is 6.54 Å². The molecule has 1 saturated heterocycles. The number of rotatable bonds is 4. The van der Waals surface area contributed by atoms with Gasteiger partial charge in [-0.15, -0.1) is 0 Å². The largest absolute Gasteiger partial charge is 0.497 e. The van der Waals surface area contributed by atoms with Crippen molar-refractivity contribution in [3.05, 3.63) is 24.3 Å². The van der Waals surface area contributed by atoms with Crippen molar-refractivity contribution < 1.29 is 17.9 Å². The van der Waals surface area contributed by atoms with Crippen molar-refractivity contribution in [1.29, 1.82) is 0 Å². The second-order valence-corrected chi connectivity index (χ2v) is 6.45. The summed E-state index contributed by atoms with van der Waals surface area (Å²) in [4.78, 5) is 11.7. The maximum absolute atomic E-state index is 12.5. The minimum atomic E-state index is -3.60. The molecular weight excluding hydrogens is 266 g/mol. The molecule has 1 aromatic carbocycles. The van der Waals surface area contributed by atoms with Gasteiger partial charge in [-0.2, -0.15) is 4.31 Å². The minimum absolute atomic E-state index is 0.102. The van der Waals surface area contributed by atoms with E-state index in [2.05, 4.69) is 0 Å². The molecule has 0 spiro atoms. The van der Waals surface area contributed by atoms with Crippen molar-refractivity contribution in [2.45, 2.75) is 30.7 Å². The Kier molecular flexibility index (Phi) is 3.91. The molecule has 0 aromatic heterocycles. The van der Waals surface area contributed by atoms with E-state index in [0.29, 0.717) is 18.7 Å². The Morgan fingerprint density at radius 3 is 2.47 bits per heavy atom. The van der Waals surface area contributed by atoms with Crippen molar-refractivity contribution in [2.24, 2.45) is 0 Å². The Hall–Kier alpha value is -1.40. The predicted molar refractivity (Wildman–Crippen MR) is 70.6 cm³/mol. The second-order valence-electron chi connectivity index (χ2n) is 4.56. The lowest BCUT2D eigenvalue weighted by Gasteiger charge is -2.22. The fraction of sp³-hybridized carbons (Fsp3) is 0.462. The van der Waals surface area contributed by atoms with Crippen LogP contribution >= 0.6 is 0 Å².